The Balaban J connectivity index is 0.00000171. The van der Waals surface area contributed by atoms with Crippen LogP contribution in [0.5, 0.6) is 0 Å². The summed E-state index contributed by atoms with van der Waals surface area (Å²) in [5.74, 6) is 2.14. The largest absolute Gasteiger partial charge is 0.412 e. The Bertz CT molecular complexity index is 757. The van der Waals surface area contributed by atoms with Crippen molar-refractivity contribution in [2.75, 3.05) is 31.5 Å². The molecular formula is C26H44ClN3O2. The molecule has 1 saturated heterocycles. The minimum Gasteiger partial charge on any atom is -0.412 e. The Morgan fingerprint density at radius 2 is 1.94 bits per heavy atom. The highest BCUT2D eigenvalue weighted by Crippen LogP contribution is 2.32. The third-order valence-electron chi connectivity index (χ3n) is 7.10. The maximum atomic E-state index is 6.09. The lowest BCUT2D eigenvalue weighted by Gasteiger charge is -2.38. The molecule has 1 fully saturated rings. The van der Waals surface area contributed by atoms with Gasteiger partial charge < -0.3 is 26.5 Å². The summed E-state index contributed by atoms with van der Waals surface area (Å²) in [5.41, 5.74) is 4.31. The van der Waals surface area contributed by atoms with Crippen molar-refractivity contribution < 1.29 is 11.0 Å². The maximum absolute atomic E-state index is 6.09. The SMILES string of the molecule is C.CC(C)[C@H](CN1CCC(C2C=CC(Cl)=CC2)CC1)NCc1cccc2c1CCN2.O.O. The lowest BCUT2D eigenvalue weighted by atomic mass is 9.80. The zero-order valence-electron chi connectivity index (χ0n) is 19.0. The van der Waals surface area contributed by atoms with Crippen LogP contribution in [0.25, 0.3) is 0 Å². The highest BCUT2D eigenvalue weighted by Gasteiger charge is 2.27. The van der Waals surface area contributed by atoms with Gasteiger partial charge in [0.1, 0.15) is 0 Å². The van der Waals surface area contributed by atoms with Crippen LogP contribution in [0.1, 0.15) is 51.7 Å². The molecule has 6 heteroatoms. The van der Waals surface area contributed by atoms with Crippen LogP contribution in [0, 0.1) is 17.8 Å². The van der Waals surface area contributed by atoms with Gasteiger partial charge in [0.05, 0.1) is 0 Å². The molecule has 1 aliphatic carbocycles. The number of rotatable bonds is 7. The van der Waals surface area contributed by atoms with E-state index in [2.05, 4.69) is 65.8 Å². The lowest BCUT2D eigenvalue weighted by molar-refractivity contribution is 0.138. The summed E-state index contributed by atoms with van der Waals surface area (Å²) in [6.07, 6.45) is 11.5. The number of likely N-dealkylation sites (tertiary alicyclic amines) is 1. The number of hydrogen-bond donors (Lipinski definition) is 2. The molecule has 3 aliphatic rings. The van der Waals surface area contributed by atoms with E-state index < -0.39 is 0 Å². The quantitative estimate of drug-likeness (QED) is 0.633. The van der Waals surface area contributed by atoms with Gasteiger partial charge in [-0.15, -0.1) is 0 Å². The van der Waals surface area contributed by atoms with Crippen LogP contribution in [-0.2, 0) is 13.0 Å². The minimum absolute atomic E-state index is 0. The number of piperidine rings is 1. The summed E-state index contributed by atoms with van der Waals surface area (Å²) in [6, 6.07) is 7.22. The molecule has 2 aliphatic heterocycles. The summed E-state index contributed by atoms with van der Waals surface area (Å²) in [5, 5.41) is 8.29. The van der Waals surface area contributed by atoms with Gasteiger partial charge in [-0.25, -0.2) is 0 Å². The number of benzene rings is 1. The fourth-order valence-corrected chi connectivity index (χ4v) is 5.30. The molecule has 0 saturated carbocycles. The van der Waals surface area contributed by atoms with Crippen molar-refractivity contribution in [2.24, 2.45) is 17.8 Å². The van der Waals surface area contributed by atoms with E-state index in [1.807, 2.05) is 0 Å². The average molecular weight is 466 g/mol. The highest BCUT2D eigenvalue weighted by molar-refractivity contribution is 6.31. The Morgan fingerprint density at radius 1 is 1.19 bits per heavy atom. The molecule has 1 aromatic rings. The molecule has 2 atom stereocenters. The molecule has 2 heterocycles. The normalized spacial score (nSPS) is 21.5. The first-order valence-electron chi connectivity index (χ1n) is 11.4. The molecular weight excluding hydrogens is 422 g/mol. The van der Waals surface area contributed by atoms with Crippen molar-refractivity contribution >= 4 is 17.3 Å². The van der Waals surface area contributed by atoms with Gasteiger partial charge in [-0.1, -0.05) is 57.2 Å². The van der Waals surface area contributed by atoms with Crippen molar-refractivity contribution in [1.29, 1.82) is 0 Å². The molecule has 0 spiro atoms. The first kappa shape index (κ1) is 28.7. The van der Waals surface area contributed by atoms with Crippen LogP contribution in [0.3, 0.4) is 0 Å². The summed E-state index contributed by atoms with van der Waals surface area (Å²) >= 11 is 6.09. The number of nitrogens with one attached hydrogen (secondary N) is 2. The number of hydrogen-bond acceptors (Lipinski definition) is 3. The van der Waals surface area contributed by atoms with E-state index in [4.69, 9.17) is 11.6 Å². The smallest absolute Gasteiger partial charge is 0.0376 e. The van der Waals surface area contributed by atoms with Crippen LogP contribution < -0.4 is 10.6 Å². The number of halogens is 1. The summed E-state index contributed by atoms with van der Waals surface area (Å²) < 4.78 is 0. The highest BCUT2D eigenvalue weighted by atomic mass is 35.5. The van der Waals surface area contributed by atoms with E-state index in [9.17, 15) is 0 Å². The third-order valence-corrected chi connectivity index (χ3v) is 7.38. The molecule has 0 bridgehead atoms. The molecule has 1 unspecified atom stereocenters. The van der Waals surface area contributed by atoms with Crippen molar-refractivity contribution in [3.63, 3.8) is 0 Å². The number of allylic oxidation sites excluding steroid dienone is 4. The fraction of sp³-hybridized carbons (Fsp3) is 0.615. The van der Waals surface area contributed by atoms with Crippen LogP contribution >= 0.6 is 11.6 Å². The Labute approximate surface area is 199 Å². The van der Waals surface area contributed by atoms with E-state index in [0.29, 0.717) is 17.9 Å². The van der Waals surface area contributed by atoms with E-state index in [-0.39, 0.29) is 18.4 Å². The predicted molar refractivity (Wildman–Crippen MR) is 138 cm³/mol. The number of nitrogens with zero attached hydrogens (tertiary/aromatic N) is 1. The standard InChI is InChI=1S/C25H36ClN3.CH4.2H2O/c1-18(2)25(28-16-21-4-3-5-24-23(21)10-13-27-24)17-29-14-11-20(12-15-29)19-6-8-22(26)9-7-19;;;/h3-6,8-9,18-20,25,27-28H,7,10-17H2,1-2H3;1H4;2*1H2/t19?,25-;;;/m0.../s1. The van der Waals surface area contributed by atoms with Crippen molar-refractivity contribution in [2.45, 2.75) is 59.5 Å². The van der Waals surface area contributed by atoms with Gasteiger partial charge >= 0.3 is 0 Å². The van der Waals surface area contributed by atoms with Gasteiger partial charge in [0, 0.05) is 36.4 Å². The van der Waals surface area contributed by atoms with E-state index in [1.165, 1.54) is 42.7 Å². The van der Waals surface area contributed by atoms with Gasteiger partial charge in [0.2, 0.25) is 0 Å². The number of fused-ring (bicyclic) bond motifs is 1. The van der Waals surface area contributed by atoms with E-state index in [1.54, 1.807) is 0 Å². The van der Waals surface area contributed by atoms with Crippen LogP contribution in [-0.4, -0.2) is 48.1 Å². The van der Waals surface area contributed by atoms with Crippen LogP contribution in [0.2, 0.25) is 0 Å². The second-order valence-corrected chi connectivity index (χ2v) is 9.77. The molecule has 182 valence electrons. The van der Waals surface area contributed by atoms with Gasteiger partial charge in [-0.2, -0.15) is 0 Å². The molecule has 32 heavy (non-hydrogen) atoms. The zero-order valence-corrected chi connectivity index (χ0v) is 19.7. The first-order chi connectivity index (χ1) is 14.1. The van der Waals surface area contributed by atoms with Gasteiger partial charge in [-0.05, 0) is 79.8 Å². The van der Waals surface area contributed by atoms with Gasteiger partial charge in [0.15, 0.2) is 0 Å². The van der Waals surface area contributed by atoms with Crippen LogP contribution in [0.4, 0.5) is 5.69 Å². The molecule has 6 N–H and O–H groups in total. The topological polar surface area (TPSA) is 90.3 Å². The molecule has 4 rings (SSSR count). The summed E-state index contributed by atoms with van der Waals surface area (Å²) in [6.45, 7) is 10.4. The monoisotopic (exact) mass is 465 g/mol. The fourth-order valence-electron chi connectivity index (χ4n) is 5.14. The Morgan fingerprint density at radius 3 is 2.59 bits per heavy atom. The molecule has 0 amide bonds. The number of anilines is 1. The second kappa shape index (κ2) is 13.4. The van der Waals surface area contributed by atoms with Gasteiger partial charge in [-0.3, -0.25) is 0 Å². The Kier molecular flexibility index (Phi) is 12.0. The van der Waals surface area contributed by atoms with E-state index >= 15 is 0 Å². The molecule has 0 radical (unpaired) electrons. The molecule has 1 aromatic carbocycles. The van der Waals surface area contributed by atoms with Crippen molar-refractivity contribution in [3.8, 4) is 0 Å². The maximum Gasteiger partial charge on any atom is 0.0376 e. The second-order valence-electron chi connectivity index (χ2n) is 9.34. The van der Waals surface area contributed by atoms with E-state index in [0.717, 1.165) is 43.4 Å². The zero-order chi connectivity index (χ0) is 20.2. The first-order valence-corrected chi connectivity index (χ1v) is 11.8. The van der Waals surface area contributed by atoms with Gasteiger partial charge in [0.25, 0.3) is 0 Å². The van der Waals surface area contributed by atoms with Crippen molar-refractivity contribution in [3.05, 3.63) is 52.6 Å². The average Bonchev–Trinajstić information content (AvgIpc) is 3.21. The third kappa shape index (κ3) is 7.06. The Hall–Kier alpha value is -1.37. The van der Waals surface area contributed by atoms with Crippen molar-refractivity contribution in [1.82, 2.24) is 10.2 Å². The molecule has 0 aromatic heterocycles. The predicted octanol–water partition coefficient (Wildman–Crippen LogP) is 4.17. The molecule has 5 nitrogen and oxygen atoms in total. The lowest BCUT2D eigenvalue weighted by Crippen LogP contribution is -2.47. The summed E-state index contributed by atoms with van der Waals surface area (Å²) in [4.78, 5) is 2.68. The summed E-state index contributed by atoms with van der Waals surface area (Å²) in [7, 11) is 0. The van der Waals surface area contributed by atoms with Crippen LogP contribution in [0.15, 0.2) is 41.5 Å². The minimum atomic E-state index is 0.